The predicted molar refractivity (Wildman–Crippen MR) is 156 cm³/mol. The van der Waals surface area contributed by atoms with Gasteiger partial charge in [0.05, 0.1) is 44.5 Å². The average molecular weight is 587 g/mol. The molecular weight excluding hydrogens is 565 g/mol. The van der Waals surface area contributed by atoms with Crippen LogP contribution in [0.1, 0.15) is 48.4 Å². The summed E-state index contributed by atoms with van der Waals surface area (Å²) in [6.07, 6.45) is -0.515. The van der Waals surface area contributed by atoms with E-state index >= 15 is 0 Å². The predicted octanol–water partition coefficient (Wildman–Crippen LogP) is 5.46. The molecule has 2 aliphatic rings. The Hall–Kier alpha value is -3.06. The molecule has 2 saturated heterocycles. The maximum Gasteiger partial charge on any atom is 0.338 e. The van der Waals surface area contributed by atoms with Crippen LogP contribution in [0.25, 0.3) is 0 Å². The van der Waals surface area contributed by atoms with Crippen LogP contribution in [0.5, 0.6) is 0 Å². The SMILES string of the molecule is CC(C)OC(=O)c1ccc(N2C(=O)/C(=C3\SC(=S)N(c4ccc(C(=O)OC(C)C)cc4)C3=O)SC2=S)cc1. The van der Waals surface area contributed by atoms with Crippen LogP contribution in [-0.4, -0.2) is 44.6 Å². The van der Waals surface area contributed by atoms with Crippen molar-refractivity contribution in [3.8, 4) is 0 Å². The lowest BCUT2D eigenvalue weighted by atomic mass is 10.2. The van der Waals surface area contributed by atoms with Gasteiger partial charge in [-0.1, -0.05) is 48.0 Å². The molecule has 4 rings (SSSR count). The second kappa shape index (κ2) is 11.4. The van der Waals surface area contributed by atoms with Crippen LogP contribution in [0.4, 0.5) is 11.4 Å². The summed E-state index contributed by atoms with van der Waals surface area (Å²) in [5.41, 5.74) is 1.61. The zero-order valence-corrected chi connectivity index (χ0v) is 24.0. The molecule has 38 heavy (non-hydrogen) atoms. The molecule has 0 radical (unpaired) electrons. The van der Waals surface area contributed by atoms with Crippen LogP contribution in [0.2, 0.25) is 0 Å². The molecule has 0 unspecified atom stereocenters. The van der Waals surface area contributed by atoms with E-state index in [4.69, 9.17) is 33.9 Å². The van der Waals surface area contributed by atoms with Gasteiger partial charge in [0.1, 0.15) is 0 Å². The van der Waals surface area contributed by atoms with Gasteiger partial charge in [0.25, 0.3) is 11.8 Å². The summed E-state index contributed by atoms with van der Waals surface area (Å²) >= 11 is 12.9. The Morgan fingerprint density at radius 3 is 1.26 bits per heavy atom. The van der Waals surface area contributed by atoms with Crippen molar-refractivity contribution in [1.29, 1.82) is 0 Å². The third-order valence-electron chi connectivity index (χ3n) is 5.15. The molecule has 12 heteroatoms. The van der Waals surface area contributed by atoms with Gasteiger partial charge in [0.15, 0.2) is 8.64 Å². The summed E-state index contributed by atoms with van der Waals surface area (Å²) in [6, 6.07) is 12.6. The maximum atomic E-state index is 13.4. The summed E-state index contributed by atoms with van der Waals surface area (Å²) in [5.74, 6) is -1.84. The monoisotopic (exact) mass is 586 g/mol. The quantitative estimate of drug-likeness (QED) is 0.247. The summed E-state index contributed by atoms with van der Waals surface area (Å²) in [5, 5.41) is 0. The Morgan fingerprint density at radius 1 is 0.658 bits per heavy atom. The molecule has 0 saturated carbocycles. The van der Waals surface area contributed by atoms with Gasteiger partial charge in [-0.25, -0.2) is 9.59 Å². The summed E-state index contributed by atoms with van der Waals surface area (Å²) < 4.78 is 10.9. The number of esters is 2. The normalized spacial score (nSPS) is 17.7. The minimum Gasteiger partial charge on any atom is -0.459 e. The van der Waals surface area contributed by atoms with E-state index in [0.717, 1.165) is 23.5 Å². The molecule has 2 aliphatic heterocycles. The number of thiocarbonyl (C=S) groups is 2. The molecule has 0 spiro atoms. The Balaban J connectivity index is 1.55. The highest BCUT2D eigenvalue weighted by Crippen LogP contribution is 2.44. The number of rotatable bonds is 6. The molecule has 2 aromatic rings. The number of thioether (sulfide) groups is 2. The van der Waals surface area contributed by atoms with Gasteiger partial charge >= 0.3 is 11.9 Å². The lowest BCUT2D eigenvalue weighted by molar-refractivity contribution is -0.115. The topological polar surface area (TPSA) is 93.2 Å². The van der Waals surface area contributed by atoms with E-state index in [1.54, 1.807) is 76.2 Å². The van der Waals surface area contributed by atoms with Gasteiger partial charge in [-0.3, -0.25) is 19.4 Å². The minimum absolute atomic E-state index is 0.176. The smallest absolute Gasteiger partial charge is 0.338 e. The van der Waals surface area contributed by atoms with Gasteiger partial charge in [-0.05, 0) is 76.2 Å². The van der Waals surface area contributed by atoms with Crippen molar-refractivity contribution in [2.75, 3.05) is 9.80 Å². The molecule has 2 amide bonds. The number of hydrogen-bond acceptors (Lipinski definition) is 10. The van der Waals surface area contributed by atoms with Crippen LogP contribution in [0.3, 0.4) is 0 Å². The van der Waals surface area contributed by atoms with Crippen LogP contribution >= 0.6 is 48.0 Å². The van der Waals surface area contributed by atoms with E-state index in [2.05, 4.69) is 0 Å². The molecule has 0 atom stereocenters. The number of amides is 2. The Bertz CT molecular complexity index is 1280. The van der Waals surface area contributed by atoms with Gasteiger partial charge < -0.3 is 9.47 Å². The molecule has 2 aromatic carbocycles. The van der Waals surface area contributed by atoms with E-state index in [9.17, 15) is 19.2 Å². The van der Waals surface area contributed by atoms with E-state index in [-0.39, 0.29) is 30.7 Å². The van der Waals surface area contributed by atoms with Gasteiger partial charge in [-0.15, -0.1) is 0 Å². The molecule has 2 heterocycles. The second-order valence-corrected chi connectivity index (χ2v) is 12.0. The molecule has 2 fully saturated rings. The van der Waals surface area contributed by atoms with Crippen LogP contribution in [0, 0.1) is 0 Å². The van der Waals surface area contributed by atoms with Gasteiger partial charge in [0.2, 0.25) is 0 Å². The number of nitrogens with zero attached hydrogens (tertiary/aromatic N) is 2. The zero-order valence-electron chi connectivity index (χ0n) is 20.8. The summed E-state index contributed by atoms with van der Waals surface area (Å²) in [7, 11) is 0. The van der Waals surface area contributed by atoms with Crippen LogP contribution < -0.4 is 9.80 Å². The minimum atomic E-state index is -0.467. The van der Waals surface area contributed by atoms with Crippen LogP contribution in [-0.2, 0) is 19.1 Å². The molecule has 196 valence electrons. The van der Waals surface area contributed by atoms with Crippen LogP contribution in [0.15, 0.2) is 58.3 Å². The van der Waals surface area contributed by atoms with Gasteiger partial charge in [-0.2, -0.15) is 0 Å². The molecular formula is C26H22N2O6S4. The van der Waals surface area contributed by atoms with Crippen molar-refractivity contribution >= 4 is 91.7 Å². The maximum absolute atomic E-state index is 13.4. The standard InChI is InChI=1S/C26H22N2O6S4/c1-13(2)33-23(31)15-5-9-17(10-6-15)27-21(29)19(37-25(27)35)20-22(30)28(26(36)38-20)18-11-7-16(8-12-18)24(32)34-14(3)4/h5-14H,1-4H3/b20-19+. The number of benzene rings is 2. The van der Waals surface area contributed by atoms with Crippen molar-refractivity contribution in [3.05, 3.63) is 69.5 Å². The first-order valence-corrected chi connectivity index (χ1v) is 13.9. The summed E-state index contributed by atoms with van der Waals surface area (Å²) in [4.78, 5) is 54.0. The van der Waals surface area contributed by atoms with Crippen molar-refractivity contribution in [3.63, 3.8) is 0 Å². The first kappa shape index (κ1) is 28.0. The summed E-state index contributed by atoms with van der Waals surface area (Å²) in [6.45, 7) is 7.03. The van der Waals surface area contributed by atoms with E-state index < -0.39 is 23.8 Å². The van der Waals surface area contributed by atoms with Gasteiger partial charge in [0, 0.05) is 0 Å². The third kappa shape index (κ3) is 5.68. The van der Waals surface area contributed by atoms with Crippen molar-refractivity contribution in [2.24, 2.45) is 0 Å². The number of carbonyl (C=O) groups excluding carboxylic acids is 4. The lowest BCUT2D eigenvalue weighted by Gasteiger charge is -2.16. The number of ether oxygens (including phenoxy) is 2. The van der Waals surface area contributed by atoms with E-state index in [1.165, 1.54) is 9.80 Å². The van der Waals surface area contributed by atoms with Crippen molar-refractivity contribution in [1.82, 2.24) is 0 Å². The fourth-order valence-electron chi connectivity index (χ4n) is 3.51. The molecule has 0 bridgehead atoms. The lowest BCUT2D eigenvalue weighted by Crippen LogP contribution is -2.29. The zero-order chi connectivity index (χ0) is 27.7. The van der Waals surface area contributed by atoms with Crippen molar-refractivity contribution < 1.29 is 28.7 Å². The highest BCUT2D eigenvalue weighted by Gasteiger charge is 2.43. The Kier molecular flexibility index (Phi) is 8.36. The number of carbonyl (C=O) groups is 4. The Labute approximate surface area is 238 Å². The van der Waals surface area contributed by atoms with E-state index in [1.807, 2.05) is 0 Å². The highest BCUT2D eigenvalue weighted by molar-refractivity contribution is 8.30. The fraction of sp³-hybridized carbons (Fsp3) is 0.231. The first-order valence-electron chi connectivity index (χ1n) is 11.5. The molecule has 0 aromatic heterocycles. The molecule has 0 aliphatic carbocycles. The fourth-order valence-corrected chi connectivity index (χ4v) is 6.26. The number of anilines is 2. The third-order valence-corrected chi connectivity index (χ3v) is 8.03. The largest absolute Gasteiger partial charge is 0.459 e. The van der Waals surface area contributed by atoms with E-state index in [0.29, 0.717) is 22.5 Å². The molecule has 8 nitrogen and oxygen atoms in total. The number of hydrogen-bond donors (Lipinski definition) is 0. The second-order valence-electron chi connectivity index (χ2n) is 8.68. The Morgan fingerprint density at radius 2 is 0.974 bits per heavy atom. The molecule has 0 N–H and O–H groups in total. The average Bonchev–Trinajstić information content (AvgIpc) is 3.31. The van der Waals surface area contributed by atoms with Crippen molar-refractivity contribution in [2.45, 2.75) is 39.9 Å². The first-order chi connectivity index (χ1) is 18.0. The highest BCUT2D eigenvalue weighted by atomic mass is 32.2.